The van der Waals surface area contributed by atoms with E-state index in [-0.39, 0.29) is 6.71 Å². The van der Waals surface area contributed by atoms with Crippen molar-refractivity contribution in [1.29, 1.82) is 0 Å². The van der Waals surface area contributed by atoms with Gasteiger partial charge < -0.3 is 18.9 Å². The van der Waals surface area contributed by atoms with Gasteiger partial charge in [-0.25, -0.2) is 0 Å². The molecule has 0 saturated carbocycles. The van der Waals surface area contributed by atoms with E-state index in [1.807, 2.05) is 18.2 Å². The summed E-state index contributed by atoms with van der Waals surface area (Å²) in [7, 11) is 0. The molecular formula is C44H31BN2O2. The minimum atomic E-state index is 0.000614. The monoisotopic (exact) mass is 630 g/mol. The van der Waals surface area contributed by atoms with Crippen molar-refractivity contribution in [3.05, 3.63) is 163 Å². The fourth-order valence-electron chi connectivity index (χ4n) is 7.70. The van der Waals surface area contributed by atoms with Gasteiger partial charge in [-0.3, -0.25) is 0 Å². The van der Waals surface area contributed by atoms with Crippen molar-refractivity contribution >= 4 is 62.0 Å². The number of para-hydroxylation sites is 2. The number of aryl methyl sites for hydroxylation is 2. The molecule has 49 heavy (non-hydrogen) atoms. The molecule has 8 aromatic rings. The molecule has 7 aromatic carbocycles. The average Bonchev–Trinajstić information content (AvgIpc) is 3.45. The van der Waals surface area contributed by atoms with Crippen LogP contribution in [0.3, 0.4) is 0 Å². The van der Waals surface area contributed by atoms with E-state index in [4.69, 9.17) is 9.47 Å². The van der Waals surface area contributed by atoms with Gasteiger partial charge in [-0.15, -0.1) is 0 Å². The van der Waals surface area contributed by atoms with Crippen LogP contribution in [0, 0.1) is 13.8 Å². The van der Waals surface area contributed by atoms with Crippen molar-refractivity contribution in [1.82, 2.24) is 4.57 Å². The largest absolute Gasteiger partial charge is 0.458 e. The summed E-state index contributed by atoms with van der Waals surface area (Å²) in [4.78, 5) is 2.34. The molecule has 5 heteroatoms. The predicted octanol–water partition coefficient (Wildman–Crippen LogP) is 9.60. The Morgan fingerprint density at radius 2 is 1.06 bits per heavy atom. The SMILES string of the molecule is Cc1ccc(N(c2ccc(C)cc2)c2ccc3c4cc5c(cc4n(-c4ccccc4)c3c2)B2c3ccccc3Oc3cccc(c32)O5)cc1. The third-order valence-corrected chi connectivity index (χ3v) is 10.0. The Morgan fingerprint density at radius 1 is 0.469 bits per heavy atom. The lowest BCUT2D eigenvalue weighted by Gasteiger charge is -2.32. The van der Waals surface area contributed by atoms with Crippen molar-refractivity contribution < 1.29 is 9.47 Å². The summed E-state index contributed by atoms with van der Waals surface area (Å²) in [6.45, 7) is 4.26. The van der Waals surface area contributed by atoms with Gasteiger partial charge in [0, 0.05) is 39.0 Å². The summed E-state index contributed by atoms with van der Waals surface area (Å²) in [6, 6.07) is 54.2. The van der Waals surface area contributed by atoms with Gasteiger partial charge in [-0.05, 0) is 104 Å². The molecular weight excluding hydrogens is 599 g/mol. The molecule has 0 atom stereocenters. The highest BCUT2D eigenvalue weighted by Gasteiger charge is 2.40. The van der Waals surface area contributed by atoms with E-state index >= 15 is 0 Å². The number of hydrogen-bond acceptors (Lipinski definition) is 3. The lowest BCUT2D eigenvalue weighted by Crippen LogP contribution is -2.57. The summed E-state index contributed by atoms with van der Waals surface area (Å²) in [6.07, 6.45) is 0. The Labute approximate surface area is 285 Å². The third-order valence-electron chi connectivity index (χ3n) is 10.0. The van der Waals surface area contributed by atoms with Crippen molar-refractivity contribution in [3.63, 3.8) is 0 Å². The Morgan fingerprint density at radius 3 is 1.78 bits per heavy atom. The number of aromatic nitrogens is 1. The van der Waals surface area contributed by atoms with E-state index in [2.05, 4.69) is 157 Å². The lowest BCUT2D eigenvalue weighted by molar-refractivity contribution is 0.465. The first kappa shape index (κ1) is 27.9. The Hall–Kier alpha value is -6.20. The molecule has 232 valence electrons. The van der Waals surface area contributed by atoms with Crippen LogP contribution in [0.5, 0.6) is 23.0 Å². The van der Waals surface area contributed by atoms with Crippen LogP contribution in [-0.2, 0) is 0 Å². The quantitative estimate of drug-likeness (QED) is 0.181. The second-order valence-electron chi connectivity index (χ2n) is 13.1. The molecule has 0 aliphatic carbocycles. The average molecular weight is 631 g/mol. The first-order valence-electron chi connectivity index (χ1n) is 16.8. The normalized spacial score (nSPS) is 12.6. The van der Waals surface area contributed by atoms with Crippen LogP contribution in [0.4, 0.5) is 17.1 Å². The van der Waals surface area contributed by atoms with Gasteiger partial charge in [0.05, 0.1) is 11.0 Å². The highest BCUT2D eigenvalue weighted by molar-refractivity contribution is 6.98. The number of rotatable bonds is 4. The van der Waals surface area contributed by atoms with Crippen molar-refractivity contribution in [2.45, 2.75) is 13.8 Å². The molecule has 0 saturated heterocycles. The second-order valence-corrected chi connectivity index (χ2v) is 13.1. The minimum Gasteiger partial charge on any atom is -0.458 e. The van der Waals surface area contributed by atoms with Gasteiger partial charge >= 0.3 is 0 Å². The van der Waals surface area contributed by atoms with Crippen molar-refractivity contribution in [2.24, 2.45) is 0 Å². The van der Waals surface area contributed by atoms with Gasteiger partial charge in [0.1, 0.15) is 23.0 Å². The third kappa shape index (κ3) is 4.32. The fourth-order valence-corrected chi connectivity index (χ4v) is 7.70. The molecule has 3 heterocycles. The standard InChI is InChI=1S/C44H31BN2O2/c1-28-15-19-31(20-16-28)46(32-21-17-29(2)18-22-32)33-23-24-34-35-26-43-37(27-39(35)47(38(34)25-33)30-9-4-3-5-10-30)45-36-11-6-7-12-40(36)48-41-13-8-14-42(49-43)44(41)45/h3-27H,1-2H3. The fraction of sp³-hybridized carbons (Fsp3) is 0.0455. The Balaban J connectivity index is 1.24. The van der Waals surface area contributed by atoms with Gasteiger partial charge in [0.25, 0.3) is 6.71 Å². The van der Waals surface area contributed by atoms with Crippen LogP contribution in [0.1, 0.15) is 11.1 Å². The number of benzene rings is 7. The first-order chi connectivity index (χ1) is 24.1. The van der Waals surface area contributed by atoms with E-state index in [0.29, 0.717) is 0 Å². The van der Waals surface area contributed by atoms with Gasteiger partial charge in [-0.2, -0.15) is 0 Å². The number of nitrogens with zero attached hydrogens (tertiary/aromatic N) is 2. The van der Waals surface area contributed by atoms with Crippen LogP contribution in [-0.4, -0.2) is 11.3 Å². The van der Waals surface area contributed by atoms with Gasteiger partial charge in [0.15, 0.2) is 0 Å². The summed E-state index contributed by atoms with van der Waals surface area (Å²) in [5, 5.41) is 2.33. The number of anilines is 3. The highest BCUT2D eigenvalue weighted by Crippen LogP contribution is 2.42. The van der Waals surface area contributed by atoms with Crippen LogP contribution < -0.4 is 30.8 Å². The van der Waals surface area contributed by atoms with Crippen LogP contribution in [0.25, 0.3) is 27.5 Å². The molecule has 0 radical (unpaired) electrons. The molecule has 4 nitrogen and oxygen atoms in total. The smallest absolute Gasteiger partial charge is 0.260 e. The van der Waals surface area contributed by atoms with Crippen LogP contribution in [0.2, 0.25) is 0 Å². The molecule has 1 aromatic heterocycles. The lowest BCUT2D eigenvalue weighted by atomic mass is 9.35. The van der Waals surface area contributed by atoms with E-state index in [1.165, 1.54) is 16.5 Å². The maximum Gasteiger partial charge on any atom is 0.260 e. The zero-order valence-corrected chi connectivity index (χ0v) is 27.2. The first-order valence-corrected chi connectivity index (χ1v) is 16.8. The summed E-state index contributed by atoms with van der Waals surface area (Å²) in [5.74, 6) is 3.49. The number of fused-ring (bicyclic) bond motifs is 7. The molecule has 2 aliphatic rings. The molecule has 0 bridgehead atoms. The van der Waals surface area contributed by atoms with E-state index in [0.717, 1.165) is 78.6 Å². The summed E-state index contributed by atoms with van der Waals surface area (Å²) >= 11 is 0. The molecule has 0 fully saturated rings. The molecule has 0 N–H and O–H groups in total. The molecule has 2 aliphatic heterocycles. The topological polar surface area (TPSA) is 26.6 Å². The zero-order valence-electron chi connectivity index (χ0n) is 27.2. The minimum absolute atomic E-state index is 0.000614. The number of hydrogen-bond donors (Lipinski definition) is 0. The van der Waals surface area contributed by atoms with E-state index < -0.39 is 0 Å². The van der Waals surface area contributed by atoms with Crippen LogP contribution >= 0.6 is 0 Å². The maximum absolute atomic E-state index is 6.71. The molecule has 0 amide bonds. The van der Waals surface area contributed by atoms with Gasteiger partial charge in [-0.1, -0.05) is 83.9 Å². The highest BCUT2D eigenvalue weighted by atomic mass is 16.5. The van der Waals surface area contributed by atoms with Gasteiger partial charge in [0.2, 0.25) is 0 Å². The Kier molecular flexibility index (Phi) is 6.06. The Bertz CT molecular complexity index is 2530. The molecule has 10 rings (SSSR count). The van der Waals surface area contributed by atoms with E-state index in [9.17, 15) is 0 Å². The van der Waals surface area contributed by atoms with E-state index in [1.54, 1.807) is 0 Å². The second kappa shape index (κ2) is 10.7. The zero-order chi connectivity index (χ0) is 32.6. The summed E-state index contributed by atoms with van der Waals surface area (Å²) in [5.41, 5.74) is 12.6. The number of ether oxygens (including phenoxy) is 2. The predicted molar refractivity (Wildman–Crippen MR) is 203 cm³/mol. The van der Waals surface area contributed by atoms with Crippen molar-refractivity contribution in [2.75, 3.05) is 4.90 Å². The molecule has 0 spiro atoms. The molecule has 0 unspecified atom stereocenters. The van der Waals surface area contributed by atoms with Crippen LogP contribution in [0.15, 0.2) is 152 Å². The maximum atomic E-state index is 6.71. The van der Waals surface area contributed by atoms with Crippen molar-refractivity contribution in [3.8, 4) is 28.7 Å². The summed E-state index contributed by atoms with van der Waals surface area (Å²) < 4.78 is 15.5.